The fourth-order valence-corrected chi connectivity index (χ4v) is 3.99. The van der Waals surface area contributed by atoms with Gasteiger partial charge in [0.15, 0.2) is 0 Å². The molecule has 1 aliphatic rings. The van der Waals surface area contributed by atoms with Gasteiger partial charge in [0.1, 0.15) is 0 Å². The Morgan fingerprint density at radius 2 is 2.15 bits per heavy atom. The Balaban J connectivity index is 2.12. The molecule has 0 amide bonds. The van der Waals surface area contributed by atoms with Crippen LogP contribution in [0.2, 0.25) is 5.02 Å². The van der Waals surface area contributed by atoms with E-state index < -0.39 is 0 Å². The second kappa shape index (κ2) is 6.59. The molecular weight excluding hydrogens is 288 g/mol. The van der Waals surface area contributed by atoms with E-state index in [0.717, 1.165) is 30.3 Å². The lowest BCUT2D eigenvalue weighted by Gasteiger charge is -2.25. The molecule has 2 N–H and O–H groups in total. The summed E-state index contributed by atoms with van der Waals surface area (Å²) in [5.74, 6) is 1.16. The summed E-state index contributed by atoms with van der Waals surface area (Å²) in [4.78, 5) is 2.42. The van der Waals surface area contributed by atoms with Gasteiger partial charge in [0, 0.05) is 29.6 Å². The highest BCUT2D eigenvalue weighted by Crippen LogP contribution is 2.34. The van der Waals surface area contributed by atoms with E-state index in [1.807, 2.05) is 6.92 Å². The van der Waals surface area contributed by atoms with Gasteiger partial charge in [-0.2, -0.15) is 11.8 Å². The van der Waals surface area contributed by atoms with E-state index in [9.17, 15) is 0 Å². The van der Waals surface area contributed by atoms with Crippen molar-refractivity contribution in [1.82, 2.24) is 0 Å². The highest BCUT2D eigenvalue weighted by Gasteiger charge is 2.24. The third-order valence-electron chi connectivity index (χ3n) is 3.75. The minimum atomic E-state index is 0.173. The lowest BCUT2D eigenvalue weighted by Crippen LogP contribution is -2.27. The number of hydrogen-bond acceptors (Lipinski definition) is 3. The number of benzene rings is 1. The van der Waals surface area contributed by atoms with Crippen LogP contribution in [0.25, 0.3) is 0 Å². The van der Waals surface area contributed by atoms with Gasteiger partial charge < -0.3 is 10.6 Å². The summed E-state index contributed by atoms with van der Waals surface area (Å²) in [5.41, 5.74) is 8.24. The molecule has 0 bridgehead atoms. The predicted octanol–water partition coefficient (Wildman–Crippen LogP) is 3.95. The number of nitrogens with zero attached hydrogens (tertiary/aromatic N) is 1. The van der Waals surface area contributed by atoms with Crippen molar-refractivity contribution in [2.24, 2.45) is 5.73 Å². The Labute approximate surface area is 132 Å². The minimum Gasteiger partial charge on any atom is -0.369 e. The van der Waals surface area contributed by atoms with Crippen LogP contribution in [0.5, 0.6) is 0 Å². The standard InChI is InChI=1S/C16H25ClN2S/c1-12(18)10-13-4-5-15(14(17)11-13)19-7-6-16(2,3)20-9-8-19/h4-5,11-12H,6-10,18H2,1-3H3. The highest BCUT2D eigenvalue weighted by atomic mass is 35.5. The molecule has 1 fully saturated rings. The fraction of sp³-hybridized carbons (Fsp3) is 0.625. The smallest absolute Gasteiger partial charge is 0.0642 e. The fourth-order valence-electron chi connectivity index (χ4n) is 2.57. The average Bonchev–Trinajstić information content (AvgIpc) is 2.50. The van der Waals surface area contributed by atoms with Crippen molar-refractivity contribution in [3.05, 3.63) is 28.8 Å². The lowest BCUT2D eigenvalue weighted by atomic mass is 10.1. The van der Waals surface area contributed by atoms with Gasteiger partial charge in [0.25, 0.3) is 0 Å². The molecule has 4 heteroatoms. The number of anilines is 1. The van der Waals surface area contributed by atoms with Gasteiger partial charge in [-0.15, -0.1) is 0 Å². The van der Waals surface area contributed by atoms with Crippen LogP contribution in [0.3, 0.4) is 0 Å². The molecule has 0 aromatic heterocycles. The Kier molecular flexibility index (Phi) is 5.27. The molecule has 1 aromatic rings. The molecule has 0 radical (unpaired) electrons. The molecule has 0 spiro atoms. The molecule has 1 aliphatic heterocycles. The van der Waals surface area contributed by atoms with Crippen molar-refractivity contribution in [2.75, 3.05) is 23.7 Å². The summed E-state index contributed by atoms with van der Waals surface area (Å²) in [7, 11) is 0. The zero-order valence-electron chi connectivity index (χ0n) is 12.7. The third kappa shape index (κ3) is 4.31. The van der Waals surface area contributed by atoms with Crippen molar-refractivity contribution >= 4 is 29.1 Å². The number of nitrogens with two attached hydrogens (primary N) is 1. The van der Waals surface area contributed by atoms with Crippen LogP contribution in [0.4, 0.5) is 5.69 Å². The van der Waals surface area contributed by atoms with Crippen LogP contribution < -0.4 is 10.6 Å². The van der Waals surface area contributed by atoms with Crippen LogP contribution in [0.1, 0.15) is 32.8 Å². The molecule has 1 atom stereocenters. The second-order valence-corrected chi connectivity index (χ2v) is 8.52. The van der Waals surface area contributed by atoms with E-state index in [2.05, 4.69) is 48.7 Å². The molecule has 112 valence electrons. The molecule has 1 aromatic carbocycles. The van der Waals surface area contributed by atoms with Gasteiger partial charge in [-0.25, -0.2) is 0 Å². The molecule has 0 aliphatic carbocycles. The minimum absolute atomic E-state index is 0.173. The quantitative estimate of drug-likeness (QED) is 0.916. The van der Waals surface area contributed by atoms with Gasteiger partial charge in [0.2, 0.25) is 0 Å². The van der Waals surface area contributed by atoms with Gasteiger partial charge in [-0.05, 0) is 37.5 Å². The van der Waals surface area contributed by atoms with Crippen molar-refractivity contribution in [2.45, 2.75) is 44.4 Å². The number of rotatable bonds is 3. The normalized spacial score (nSPS) is 20.6. The Morgan fingerprint density at radius 1 is 1.40 bits per heavy atom. The first-order chi connectivity index (χ1) is 9.37. The molecule has 1 saturated heterocycles. The van der Waals surface area contributed by atoms with Crippen LogP contribution in [0.15, 0.2) is 18.2 Å². The molecule has 1 heterocycles. The van der Waals surface area contributed by atoms with E-state index in [0.29, 0.717) is 4.75 Å². The van der Waals surface area contributed by atoms with Gasteiger partial charge >= 0.3 is 0 Å². The lowest BCUT2D eigenvalue weighted by molar-refractivity contribution is 0.637. The van der Waals surface area contributed by atoms with Crippen molar-refractivity contribution in [3.63, 3.8) is 0 Å². The zero-order chi connectivity index (χ0) is 14.8. The number of hydrogen-bond donors (Lipinski definition) is 1. The highest BCUT2D eigenvalue weighted by molar-refractivity contribution is 8.00. The zero-order valence-corrected chi connectivity index (χ0v) is 14.2. The summed E-state index contributed by atoms with van der Waals surface area (Å²) < 4.78 is 0.371. The molecule has 0 saturated carbocycles. The first kappa shape index (κ1) is 16.0. The summed E-state index contributed by atoms with van der Waals surface area (Å²) >= 11 is 8.54. The van der Waals surface area contributed by atoms with Crippen LogP contribution in [-0.4, -0.2) is 29.6 Å². The summed E-state index contributed by atoms with van der Waals surface area (Å²) in [6.07, 6.45) is 2.07. The van der Waals surface area contributed by atoms with E-state index in [4.69, 9.17) is 17.3 Å². The second-order valence-electron chi connectivity index (χ2n) is 6.31. The van der Waals surface area contributed by atoms with Gasteiger partial charge in [-0.3, -0.25) is 0 Å². The van der Waals surface area contributed by atoms with Crippen molar-refractivity contribution < 1.29 is 0 Å². The van der Waals surface area contributed by atoms with Crippen molar-refractivity contribution in [1.29, 1.82) is 0 Å². The molecule has 2 nitrogen and oxygen atoms in total. The van der Waals surface area contributed by atoms with Crippen LogP contribution >= 0.6 is 23.4 Å². The van der Waals surface area contributed by atoms with Gasteiger partial charge in [0.05, 0.1) is 10.7 Å². The van der Waals surface area contributed by atoms with Crippen LogP contribution in [-0.2, 0) is 6.42 Å². The number of thioether (sulfide) groups is 1. The maximum Gasteiger partial charge on any atom is 0.0642 e. The van der Waals surface area contributed by atoms with Crippen LogP contribution in [0, 0.1) is 0 Å². The average molecular weight is 313 g/mol. The topological polar surface area (TPSA) is 29.3 Å². The summed E-state index contributed by atoms with van der Waals surface area (Å²) in [6.45, 7) is 8.83. The molecule has 2 rings (SSSR count). The monoisotopic (exact) mass is 312 g/mol. The molecular formula is C16H25ClN2S. The Bertz CT molecular complexity index is 460. The predicted molar refractivity (Wildman–Crippen MR) is 92.2 cm³/mol. The summed E-state index contributed by atoms with van der Waals surface area (Å²) in [6, 6.07) is 6.56. The van der Waals surface area contributed by atoms with Crippen molar-refractivity contribution in [3.8, 4) is 0 Å². The summed E-state index contributed by atoms with van der Waals surface area (Å²) in [5, 5.41) is 0.854. The van der Waals surface area contributed by atoms with E-state index in [1.165, 1.54) is 17.7 Å². The van der Waals surface area contributed by atoms with E-state index >= 15 is 0 Å². The van der Waals surface area contributed by atoms with E-state index in [1.54, 1.807) is 0 Å². The first-order valence-corrected chi connectivity index (χ1v) is 8.67. The molecule has 1 unspecified atom stereocenters. The molecule has 20 heavy (non-hydrogen) atoms. The third-order valence-corrected chi connectivity index (χ3v) is 5.42. The first-order valence-electron chi connectivity index (χ1n) is 7.30. The Morgan fingerprint density at radius 3 is 2.80 bits per heavy atom. The SMILES string of the molecule is CC(N)Cc1ccc(N2CCSC(C)(C)CC2)c(Cl)c1. The largest absolute Gasteiger partial charge is 0.369 e. The maximum absolute atomic E-state index is 6.48. The Hall–Kier alpha value is -0.380. The number of halogens is 1. The van der Waals surface area contributed by atoms with Gasteiger partial charge in [-0.1, -0.05) is 31.5 Å². The maximum atomic E-state index is 6.48. The van der Waals surface area contributed by atoms with E-state index in [-0.39, 0.29) is 6.04 Å².